The zero-order valence-electron chi connectivity index (χ0n) is 12.4. The third kappa shape index (κ3) is 4.48. The summed E-state index contributed by atoms with van der Waals surface area (Å²) >= 11 is 5.86. The highest BCUT2D eigenvalue weighted by Crippen LogP contribution is 2.32. The summed E-state index contributed by atoms with van der Waals surface area (Å²) in [7, 11) is 1.40. The first kappa shape index (κ1) is 17.8. The number of benzene rings is 1. The van der Waals surface area contributed by atoms with Crippen LogP contribution in [0.5, 0.6) is 5.88 Å². The van der Waals surface area contributed by atoms with E-state index in [0.717, 1.165) is 24.3 Å². The number of aromatic nitrogens is 1. The van der Waals surface area contributed by atoms with Gasteiger partial charge in [0.25, 0.3) is 0 Å². The molecule has 2 rings (SSSR count). The standard InChI is InChI=1S/C16H12ClF3N2O2/c1-24-15-13(3-2-8-21-15)22-14(23)7-4-10-9-11(16(18,19)20)5-6-12(10)17/h2-9H,1H3,(H,22,23). The average molecular weight is 357 g/mol. The molecule has 1 amide bonds. The highest BCUT2D eigenvalue weighted by atomic mass is 35.5. The van der Waals surface area contributed by atoms with Gasteiger partial charge in [0.2, 0.25) is 11.8 Å². The highest BCUT2D eigenvalue weighted by molar-refractivity contribution is 6.32. The van der Waals surface area contributed by atoms with Crippen molar-refractivity contribution in [2.45, 2.75) is 6.18 Å². The molecule has 2 aromatic rings. The molecule has 1 aromatic carbocycles. The molecule has 0 atom stereocenters. The molecule has 1 heterocycles. The molecule has 4 nitrogen and oxygen atoms in total. The Bertz CT molecular complexity index is 776. The number of halogens is 4. The van der Waals surface area contributed by atoms with E-state index in [1.807, 2.05) is 0 Å². The van der Waals surface area contributed by atoms with E-state index in [-0.39, 0.29) is 16.5 Å². The van der Waals surface area contributed by atoms with E-state index >= 15 is 0 Å². The van der Waals surface area contributed by atoms with Gasteiger partial charge in [-0.2, -0.15) is 13.2 Å². The minimum absolute atomic E-state index is 0.0831. The topological polar surface area (TPSA) is 51.2 Å². The van der Waals surface area contributed by atoms with Gasteiger partial charge in [-0.05, 0) is 42.0 Å². The number of amides is 1. The lowest BCUT2D eigenvalue weighted by atomic mass is 10.1. The van der Waals surface area contributed by atoms with Gasteiger partial charge >= 0.3 is 6.18 Å². The van der Waals surface area contributed by atoms with Crippen molar-refractivity contribution in [3.05, 3.63) is 58.8 Å². The fourth-order valence-electron chi connectivity index (χ4n) is 1.84. The molecule has 0 radical (unpaired) electrons. The summed E-state index contributed by atoms with van der Waals surface area (Å²) in [6.45, 7) is 0. The Morgan fingerprint density at radius 1 is 1.33 bits per heavy atom. The summed E-state index contributed by atoms with van der Waals surface area (Å²) in [5, 5.41) is 2.62. The van der Waals surface area contributed by atoms with Crippen LogP contribution in [-0.4, -0.2) is 18.0 Å². The van der Waals surface area contributed by atoms with Crippen LogP contribution < -0.4 is 10.1 Å². The molecule has 0 saturated carbocycles. The van der Waals surface area contributed by atoms with Crippen LogP contribution in [0.25, 0.3) is 6.08 Å². The number of carbonyl (C=O) groups is 1. The van der Waals surface area contributed by atoms with Gasteiger partial charge in [-0.15, -0.1) is 0 Å². The van der Waals surface area contributed by atoms with E-state index in [0.29, 0.717) is 5.69 Å². The van der Waals surface area contributed by atoms with Crippen molar-refractivity contribution >= 4 is 29.3 Å². The number of methoxy groups -OCH3 is 1. The Balaban J connectivity index is 2.17. The molecular weight excluding hydrogens is 345 g/mol. The van der Waals surface area contributed by atoms with Crippen molar-refractivity contribution in [3.63, 3.8) is 0 Å². The summed E-state index contributed by atoms with van der Waals surface area (Å²) in [6.07, 6.45) is -0.713. The minimum Gasteiger partial charge on any atom is -0.480 e. The van der Waals surface area contributed by atoms with Crippen molar-refractivity contribution in [2.75, 3.05) is 12.4 Å². The second kappa shape index (κ2) is 7.35. The van der Waals surface area contributed by atoms with Crippen molar-refractivity contribution < 1.29 is 22.7 Å². The third-order valence-electron chi connectivity index (χ3n) is 2.96. The molecule has 0 fully saturated rings. The SMILES string of the molecule is COc1ncccc1NC(=O)C=Cc1cc(C(F)(F)F)ccc1Cl. The Kier molecular flexibility index (Phi) is 5.46. The van der Waals surface area contributed by atoms with Crippen molar-refractivity contribution in [3.8, 4) is 5.88 Å². The maximum Gasteiger partial charge on any atom is 0.416 e. The molecule has 24 heavy (non-hydrogen) atoms. The zero-order chi connectivity index (χ0) is 17.7. The van der Waals surface area contributed by atoms with Gasteiger partial charge in [0, 0.05) is 17.3 Å². The number of pyridine rings is 1. The van der Waals surface area contributed by atoms with Crippen LogP contribution in [0, 0.1) is 0 Å². The Morgan fingerprint density at radius 3 is 2.75 bits per heavy atom. The maximum atomic E-state index is 12.7. The number of alkyl halides is 3. The fraction of sp³-hybridized carbons (Fsp3) is 0.125. The number of rotatable bonds is 4. The van der Waals surface area contributed by atoms with Crippen LogP contribution in [0.1, 0.15) is 11.1 Å². The van der Waals surface area contributed by atoms with Crippen LogP contribution in [-0.2, 0) is 11.0 Å². The molecule has 0 aliphatic carbocycles. The monoisotopic (exact) mass is 356 g/mol. The van der Waals surface area contributed by atoms with Crippen LogP contribution in [0.3, 0.4) is 0 Å². The van der Waals surface area contributed by atoms with Gasteiger partial charge in [-0.3, -0.25) is 4.79 Å². The zero-order valence-corrected chi connectivity index (χ0v) is 13.2. The summed E-state index contributed by atoms with van der Waals surface area (Å²) < 4.78 is 43.1. The molecule has 1 N–H and O–H groups in total. The minimum atomic E-state index is -4.49. The fourth-order valence-corrected chi connectivity index (χ4v) is 2.02. The van der Waals surface area contributed by atoms with E-state index in [1.54, 1.807) is 12.1 Å². The average Bonchev–Trinajstić information content (AvgIpc) is 2.53. The smallest absolute Gasteiger partial charge is 0.416 e. The Hall–Kier alpha value is -2.54. The van der Waals surface area contributed by atoms with Gasteiger partial charge in [0.15, 0.2) is 0 Å². The maximum absolute atomic E-state index is 12.7. The summed E-state index contributed by atoms with van der Waals surface area (Å²) in [5.41, 5.74) is -0.425. The molecule has 0 aliphatic heterocycles. The second-order valence-electron chi connectivity index (χ2n) is 4.62. The van der Waals surface area contributed by atoms with Crippen molar-refractivity contribution in [1.29, 1.82) is 0 Å². The van der Waals surface area contributed by atoms with Gasteiger partial charge in [0.1, 0.15) is 5.69 Å². The molecule has 0 aliphatic rings. The molecule has 0 unspecified atom stereocenters. The van der Waals surface area contributed by atoms with E-state index in [1.165, 1.54) is 19.4 Å². The summed E-state index contributed by atoms with van der Waals surface area (Å²) in [4.78, 5) is 15.8. The lowest BCUT2D eigenvalue weighted by molar-refractivity contribution is -0.137. The Labute approximate surface area is 140 Å². The molecule has 8 heteroatoms. The predicted octanol–water partition coefficient (Wildman–Crippen LogP) is 4.41. The van der Waals surface area contributed by atoms with E-state index in [2.05, 4.69) is 10.3 Å². The molecule has 126 valence electrons. The predicted molar refractivity (Wildman–Crippen MR) is 84.9 cm³/mol. The highest BCUT2D eigenvalue weighted by Gasteiger charge is 2.30. The van der Waals surface area contributed by atoms with Gasteiger partial charge in [-0.25, -0.2) is 4.98 Å². The van der Waals surface area contributed by atoms with Crippen LogP contribution in [0.4, 0.5) is 18.9 Å². The lowest BCUT2D eigenvalue weighted by Crippen LogP contribution is -2.09. The van der Waals surface area contributed by atoms with Gasteiger partial charge in [-0.1, -0.05) is 11.6 Å². The normalized spacial score (nSPS) is 11.5. The first-order valence-electron chi connectivity index (χ1n) is 6.66. The van der Waals surface area contributed by atoms with Crippen molar-refractivity contribution in [1.82, 2.24) is 4.98 Å². The van der Waals surface area contributed by atoms with E-state index in [9.17, 15) is 18.0 Å². The van der Waals surface area contributed by atoms with Gasteiger partial charge < -0.3 is 10.1 Å². The number of hydrogen-bond donors (Lipinski definition) is 1. The third-order valence-corrected chi connectivity index (χ3v) is 3.30. The number of nitrogens with zero attached hydrogens (tertiary/aromatic N) is 1. The second-order valence-corrected chi connectivity index (χ2v) is 5.02. The van der Waals surface area contributed by atoms with E-state index < -0.39 is 17.6 Å². The van der Waals surface area contributed by atoms with Crippen LogP contribution in [0.15, 0.2) is 42.6 Å². The summed E-state index contributed by atoms with van der Waals surface area (Å²) in [5.74, 6) is -0.342. The number of ether oxygens (including phenoxy) is 1. The van der Waals surface area contributed by atoms with E-state index in [4.69, 9.17) is 16.3 Å². The number of hydrogen-bond acceptors (Lipinski definition) is 3. The van der Waals surface area contributed by atoms with Crippen molar-refractivity contribution in [2.24, 2.45) is 0 Å². The Morgan fingerprint density at radius 2 is 2.08 bits per heavy atom. The number of carbonyl (C=O) groups excluding carboxylic acids is 1. The molecule has 0 saturated heterocycles. The lowest BCUT2D eigenvalue weighted by Gasteiger charge is -2.08. The largest absolute Gasteiger partial charge is 0.480 e. The summed E-state index contributed by atoms with van der Waals surface area (Å²) in [6, 6.07) is 6.06. The number of anilines is 1. The van der Waals surface area contributed by atoms with Gasteiger partial charge in [0.05, 0.1) is 12.7 Å². The van der Waals surface area contributed by atoms with Crippen LogP contribution in [0.2, 0.25) is 5.02 Å². The first-order chi connectivity index (χ1) is 11.3. The van der Waals surface area contributed by atoms with Crippen LogP contribution >= 0.6 is 11.6 Å². The first-order valence-corrected chi connectivity index (χ1v) is 7.04. The quantitative estimate of drug-likeness (QED) is 0.825. The molecule has 0 spiro atoms. The molecule has 0 bridgehead atoms. The molecule has 1 aromatic heterocycles. The number of nitrogens with one attached hydrogen (secondary N) is 1. The molecular formula is C16H12ClF3N2O2.